The van der Waals surface area contributed by atoms with Crippen molar-refractivity contribution in [3.63, 3.8) is 0 Å². The predicted octanol–water partition coefficient (Wildman–Crippen LogP) is 1.66. The van der Waals surface area contributed by atoms with Gasteiger partial charge < -0.3 is 15.0 Å². The van der Waals surface area contributed by atoms with Gasteiger partial charge in [0.25, 0.3) is 0 Å². The molecule has 2 aliphatic rings. The highest BCUT2D eigenvalue weighted by atomic mass is 35.5. The van der Waals surface area contributed by atoms with Crippen molar-refractivity contribution in [3.05, 3.63) is 30.3 Å². The van der Waals surface area contributed by atoms with E-state index in [0.29, 0.717) is 12.5 Å². The van der Waals surface area contributed by atoms with E-state index in [-0.39, 0.29) is 30.7 Å². The molecule has 1 amide bonds. The van der Waals surface area contributed by atoms with Gasteiger partial charge in [0.05, 0.1) is 5.92 Å². The number of amides is 1. The molecule has 1 aromatic rings. The molecule has 0 aromatic heterocycles. The van der Waals surface area contributed by atoms with E-state index in [1.54, 1.807) is 0 Å². The molecule has 7 heteroatoms. The Morgan fingerprint density at radius 3 is 2.46 bits per heavy atom. The minimum atomic E-state index is 0. The van der Waals surface area contributed by atoms with Crippen LogP contribution in [0.1, 0.15) is 6.42 Å². The van der Waals surface area contributed by atoms with Gasteiger partial charge >= 0.3 is 0 Å². The average molecular weight is 376 g/mol. The normalized spacial score (nSPS) is 20.8. The first-order valence-electron chi connectivity index (χ1n) is 8.22. The summed E-state index contributed by atoms with van der Waals surface area (Å²) in [5.74, 6) is 1.46. The SMILES string of the molecule is Cl.Cl.O=C(C1CCNC1)N1CCN(CCOc2ccccc2)CC1. The van der Waals surface area contributed by atoms with Crippen LogP contribution in [0.15, 0.2) is 30.3 Å². The molecule has 2 fully saturated rings. The fraction of sp³-hybridized carbons (Fsp3) is 0.588. The lowest BCUT2D eigenvalue weighted by molar-refractivity contribution is -0.136. The minimum Gasteiger partial charge on any atom is -0.492 e. The molecule has 0 spiro atoms. The van der Waals surface area contributed by atoms with Gasteiger partial charge in [-0.25, -0.2) is 0 Å². The van der Waals surface area contributed by atoms with Crippen molar-refractivity contribution in [2.75, 3.05) is 52.4 Å². The topological polar surface area (TPSA) is 44.8 Å². The number of ether oxygens (including phenoxy) is 1. The molecule has 5 nitrogen and oxygen atoms in total. The molecule has 1 aromatic carbocycles. The van der Waals surface area contributed by atoms with Crippen LogP contribution in [0.5, 0.6) is 5.75 Å². The summed E-state index contributed by atoms with van der Waals surface area (Å²) in [7, 11) is 0. The fourth-order valence-electron chi connectivity index (χ4n) is 3.12. The zero-order valence-corrected chi connectivity index (χ0v) is 15.5. The molecule has 136 valence electrons. The largest absolute Gasteiger partial charge is 0.492 e. The number of halogens is 2. The van der Waals surface area contributed by atoms with Crippen LogP contribution in [0, 0.1) is 5.92 Å². The van der Waals surface area contributed by atoms with Crippen molar-refractivity contribution in [1.29, 1.82) is 0 Å². The van der Waals surface area contributed by atoms with Crippen molar-refractivity contribution in [1.82, 2.24) is 15.1 Å². The zero-order valence-electron chi connectivity index (χ0n) is 13.9. The van der Waals surface area contributed by atoms with Crippen molar-refractivity contribution >= 4 is 30.7 Å². The lowest BCUT2D eigenvalue weighted by Gasteiger charge is -2.35. The maximum atomic E-state index is 12.3. The standard InChI is InChI=1S/C17H25N3O2.2ClH/c21-17(15-6-7-18-14-15)20-10-8-19(9-11-20)12-13-22-16-4-2-1-3-5-16;;/h1-5,15,18H,6-14H2;2*1H. The lowest BCUT2D eigenvalue weighted by atomic mass is 10.1. The molecular formula is C17H27Cl2N3O2. The first kappa shape index (κ1) is 21.0. The van der Waals surface area contributed by atoms with Gasteiger partial charge in [-0.05, 0) is 25.1 Å². The summed E-state index contributed by atoms with van der Waals surface area (Å²) in [6.45, 7) is 7.04. The highest BCUT2D eigenvalue weighted by molar-refractivity contribution is 5.85. The molecule has 24 heavy (non-hydrogen) atoms. The van der Waals surface area contributed by atoms with Crippen LogP contribution in [-0.2, 0) is 4.79 Å². The average Bonchev–Trinajstić information content (AvgIpc) is 3.10. The monoisotopic (exact) mass is 375 g/mol. The van der Waals surface area contributed by atoms with Crippen LogP contribution >= 0.6 is 24.8 Å². The predicted molar refractivity (Wildman–Crippen MR) is 100 cm³/mol. The molecule has 1 N–H and O–H groups in total. The van der Waals surface area contributed by atoms with Crippen LogP contribution in [0.25, 0.3) is 0 Å². The third-order valence-corrected chi connectivity index (χ3v) is 4.51. The van der Waals surface area contributed by atoms with Gasteiger partial charge in [0.2, 0.25) is 5.91 Å². The second-order valence-electron chi connectivity index (χ2n) is 6.02. The van der Waals surface area contributed by atoms with E-state index in [0.717, 1.165) is 58.0 Å². The van der Waals surface area contributed by atoms with Crippen LogP contribution < -0.4 is 10.1 Å². The third kappa shape index (κ3) is 5.81. The first-order chi connectivity index (χ1) is 10.8. The number of para-hydroxylation sites is 1. The van der Waals surface area contributed by atoms with Gasteiger partial charge in [0.15, 0.2) is 0 Å². The van der Waals surface area contributed by atoms with E-state index in [9.17, 15) is 4.79 Å². The Balaban J connectivity index is 0.00000144. The Labute approximate surface area is 156 Å². The Morgan fingerprint density at radius 1 is 1.12 bits per heavy atom. The van der Waals surface area contributed by atoms with Crippen LogP contribution in [0.4, 0.5) is 0 Å². The molecule has 3 rings (SSSR count). The molecule has 2 aliphatic heterocycles. The molecule has 0 aliphatic carbocycles. The van der Waals surface area contributed by atoms with Crippen molar-refractivity contribution in [2.45, 2.75) is 6.42 Å². The number of piperazine rings is 1. The number of nitrogens with zero attached hydrogens (tertiary/aromatic N) is 2. The molecular weight excluding hydrogens is 349 g/mol. The number of hydrogen-bond donors (Lipinski definition) is 1. The quantitative estimate of drug-likeness (QED) is 0.849. The summed E-state index contributed by atoms with van der Waals surface area (Å²) in [5.41, 5.74) is 0. The molecule has 0 radical (unpaired) electrons. The number of carbonyl (C=O) groups is 1. The van der Waals surface area contributed by atoms with Crippen molar-refractivity contribution < 1.29 is 9.53 Å². The fourth-order valence-corrected chi connectivity index (χ4v) is 3.12. The number of rotatable bonds is 5. The van der Waals surface area contributed by atoms with E-state index in [1.807, 2.05) is 35.2 Å². The van der Waals surface area contributed by atoms with Crippen LogP contribution in [-0.4, -0.2) is 68.1 Å². The van der Waals surface area contributed by atoms with Crippen LogP contribution in [0.2, 0.25) is 0 Å². The van der Waals surface area contributed by atoms with E-state index in [4.69, 9.17) is 4.74 Å². The highest BCUT2D eigenvalue weighted by Crippen LogP contribution is 2.14. The maximum absolute atomic E-state index is 12.3. The van der Waals surface area contributed by atoms with Gasteiger partial charge in [-0.2, -0.15) is 0 Å². The van der Waals surface area contributed by atoms with Crippen molar-refractivity contribution in [3.8, 4) is 5.75 Å². The van der Waals surface area contributed by atoms with Gasteiger partial charge in [-0.1, -0.05) is 18.2 Å². The highest BCUT2D eigenvalue weighted by Gasteiger charge is 2.29. The molecule has 2 heterocycles. The van der Waals surface area contributed by atoms with E-state index < -0.39 is 0 Å². The number of nitrogens with one attached hydrogen (secondary N) is 1. The minimum absolute atomic E-state index is 0. The van der Waals surface area contributed by atoms with E-state index in [2.05, 4.69) is 10.2 Å². The summed E-state index contributed by atoms with van der Waals surface area (Å²) >= 11 is 0. The Bertz CT molecular complexity index is 476. The van der Waals surface area contributed by atoms with Crippen LogP contribution in [0.3, 0.4) is 0 Å². The molecule has 1 atom stereocenters. The summed E-state index contributed by atoms with van der Waals surface area (Å²) in [5, 5.41) is 3.27. The van der Waals surface area contributed by atoms with Gasteiger partial charge in [-0.15, -0.1) is 24.8 Å². The second-order valence-corrected chi connectivity index (χ2v) is 6.02. The Hall–Kier alpha value is -1.01. The molecule has 1 unspecified atom stereocenters. The Kier molecular flexibility index (Phi) is 9.44. The zero-order chi connectivity index (χ0) is 15.2. The molecule has 2 saturated heterocycles. The summed E-state index contributed by atoms with van der Waals surface area (Å²) in [4.78, 5) is 16.8. The van der Waals surface area contributed by atoms with Gasteiger partial charge in [-0.3, -0.25) is 9.69 Å². The van der Waals surface area contributed by atoms with Gasteiger partial charge in [0, 0.05) is 39.3 Å². The summed E-state index contributed by atoms with van der Waals surface area (Å²) in [6, 6.07) is 9.91. The summed E-state index contributed by atoms with van der Waals surface area (Å²) in [6.07, 6.45) is 0.990. The van der Waals surface area contributed by atoms with Gasteiger partial charge in [0.1, 0.15) is 12.4 Å². The number of hydrogen-bond acceptors (Lipinski definition) is 4. The first-order valence-corrected chi connectivity index (χ1v) is 8.22. The lowest BCUT2D eigenvalue weighted by Crippen LogP contribution is -2.51. The number of carbonyl (C=O) groups excluding carboxylic acids is 1. The third-order valence-electron chi connectivity index (χ3n) is 4.51. The Morgan fingerprint density at radius 2 is 1.83 bits per heavy atom. The maximum Gasteiger partial charge on any atom is 0.227 e. The van der Waals surface area contributed by atoms with Crippen molar-refractivity contribution in [2.24, 2.45) is 5.92 Å². The second kappa shape index (κ2) is 10.8. The number of benzene rings is 1. The van der Waals surface area contributed by atoms with E-state index in [1.165, 1.54) is 0 Å². The molecule has 0 saturated carbocycles. The summed E-state index contributed by atoms with van der Waals surface area (Å²) < 4.78 is 5.73. The van der Waals surface area contributed by atoms with E-state index >= 15 is 0 Å². The molecule has 0 bridgehead atoms. The smallest absolute Gasteiger partial charge is 0.227 e.